The normalized spacial score (nSPS) is 11.4. The molecule has 3 rings (SSSR count). The van der Waals surface area contributed by atoms with Crippen LogP contribution in [0.4, 0.5) is 11.4 Å². The van der Waals surface area contributed by atoms with E-state index < -0.39 is 10.0 Å². The van der Waals surface area contributed by atoms with Crippen molar-refractivity contribution in [1.82, 2.24) is 0 Å². The van der Waals surface area contributed by atoms with Crippen LogP contribution in [0.25, 0.3) is 10.8 Å². The summed E-state index contributed by atoms with van der Waals surface area (Å²) in [7, 11) is -1.82. The molecule has 3 aromatic carbocycles. The Balaban J connectivity index is 1.91. The van der Waals surface area contributed by atoms with E-state index in [1.165, 1.54) is 0 Å². The Kier molecular flexibility index (Phi) is 4.28. The predicted octanol–water partition coefficient (Wildman–Crippen LogP) is 4.44. The summed E-state index contributed by atoms with van der Waals surface area (Å²) in [6.45, 7) is 0. The Morgan fingerprint density at radius 1 is 0.826 bits per heavy atom. The fourth-order valence-corrected chi connectivity index (χ4v) is 3.72. The first-order valence-corrected chi connectivity index (χ1v) is 9.25. The van der Waals surface area contributed by atoms with Gasteiger partial charge in [0.1, 0.15) is 0 Å². The zero-order valence-electron chi connectivity index (χ0n) is 12.4. The van der Waals surface area contributed by atoms with E-state index in [4.69, 9.17) is 0 Å². The highest BCUT2D eigenvalue weighted by molar-refractivity contribution is 9.10. The topological polar surface area (TPSA) is 58.2 Å². The minimum Gasteiger partial charge on any atom is -0.388 e. The Morgan fingerprint density at radius 2 is 1.43 bits per heavy atom. The van der Waals surface area contributed by atoms with Crippen LogP contribution in [0, 0.1) is 0 Å². The van der Waals surface area contributed by atoms with Gasteiger partial charge in [0.05, 0.1) is 4.90 Å². The van der Waals surface area contributed by atoms with Gasteiger partial charge in [-0.05, 0) is 59.3 Å². The molecule has 23 heavy (non-hydrogen) atoms. The van der Waals surface area contributed by atoms with Crippen LogP contribution in [0.15, 0.2) is 70.0 Å². The van der Waals surface area contributed by atoms with Crippen molar-refractivity contribution in [3.8, 4) is 0 Å². The second kappa shape index (κ2) is 6.22. The zero-order chi connectivity index (χ0) is 16.4. The molecule has 0 bridgehead atoms. The molecule has 0 radical (unpaired) electrons. The van der Waals surface area contributed by atoms with Crippen LogP contribution in [0.1, 0.15) is 0 Å². The van der Waals surface area contributed by atoms with Gasteiger partial charge in [-0.15, -0.1) is 0 Å². The summed E-state index contributed by atoms with van der Waals surface area (Å²) in [5.41, 5.74) is 1.40. The molecular formula is C17H15BrN2O2S. The second-order valence-corrected chi connectivity index (χ2v) is 7.68. The zero-order valence-corrected chi connectivity index (χ0v) is 14.8. The molecule has 0 saturated heterocycles. The van der Waals surface area contributed by atoms with Crippen molar-refractivity contribution in [3.05, 3.63) is 65.1 Å². The Bertz CT molecular complexity index is 954. The van der Waals surface area contributed by atoms with Gasteiger partial charge in [-0.25, -0.2) is 8.42 Å². The van der Waals surface area contributed by atoms with E-state index in [0.29, 0.717) is 5.69 Å². The maximum Gasteiger partial charge on any atom is 0.261 e. The lowest BCUT2D eigenvalue weighted by Crippen LogP contribution is -2.12. The molecule has 0 aromatic heterocycles. The number of hydrogen-bond donors (Lipinski definition) is 2. The highest BCUT2D eigenvalue weighted by Crippen LogP contribution is 2.25. The maximum atomic E-state index is 12.5. The lowest BCUT2D eigenvalue weighted by atomic mass is 10.1. The lowest BCUT2D eigenvalue weighted by Gasteiger charge is -2.10. The summed E-state index contributed by atoms with van der Waals surface area (Å²) in [5, 5.41) is 4.97. The molecule has 2 N–H and O–H groups in total. The first-order valence-electron chi connectivity index (χ1n) is 6.98. The Hall–Kier alpha value is -2.05. The van der Waals surface area contributed by atoms with E-state index in [2.05, 4.69) is 26.0 Å². The van der Waals surface area contributed by atoms with E-state index in [1.54, 1.807) is 37.4 Å². The highest BCUT2D eigenvalue weighted by atomic mass is 79.9. The molecule has 0 heterocycles. The van der Waals surface area contributed by atoms with Gasteiger partial charge < -0.3 is 5.32 Å². The number of anilines is 2. The van der Waals surface area contributed by atoms with E-state index >= 15 is 0 Å². The molecule has 3 aromatic rings. The molecule has 0 spiro atoms. The lowest BCUT2D eigenvalue weighted by molar-refractivity contribution is 0.601. The van der Waals surface area contributed by atoms with Gasteiger partial charge in [-0.1, -0.05) is 28.1 Å². The first kappa shape index (κ1) is 15.8. The largest absolute Gasteiger partial charge is 0.388 e. The third-order valence-corrected chi connectivity index (χ3v) is 5.40. The van der Waals surface area contributed by atoms with Crippen molar-refractivity contribution in [2.45, 2.75) is 4.90 Å². The average molecular weight is 391 g/mol. The second-order valence-electron chi connectivity index (χ2n) is 5.09. The van der Waals surface area contributed by atoms with Crippen molar-refractivity contribution in [1.29, 1.82) is 0 Å². The van der Waals surface area contributed by atoms with Gasteiger partial charge in [0.2, 0.25) is 0 Å². The molecular weight excluding hydrogens is 376 g/mol. The van der Waals surface area contributed by atoms with Gasteiger partial charge in [0.15, 0.2) is 0 Å². The number of fused-ring (bicyclic) bond motifs is 1. The van der Waals surface area contributed by atoms with E-state index in [9.17, 15) is 8.42 Å². The summed E-state index contributed by atoms with van der Waals surface area (Å²) in [6.07, 6.45) is 0. The van der Waals surface area contributed by atoms with Crippen molar-refractivity contribution in [2.24, 2.45) is 0 Å². The fourth-order valence-electron chi connectivity index (χ4n) is 2.29. The molecule has 0 aliphatic rings. The van der Waals surface area contributed by atoms with Crippen LogP contribution in [-0.4, -0.2) is 15.5 Å². The third kappa shape index (κ3) is 3.48. The Labute approximate surface area is 143 Å². The van der Waals surface area contributed by atoms with Gasteiger partial charge >= 0.3 is 0 Å². The monoisotopic (exact) mass is 390 g/mol. The van der Waals surface area contributed by atoms with Crippen LogP contribution in [0.3, 0.4) is 0 Å². The van der Waals surface area contributed by atoms with Crippen molar-refractivity contribution in [2.75, 3.05) is 17.1 Å². The summed E-state index contributed by atoms with van der Waals surface area (Å²) >= 11 is 3.43. The number of hydrogen-bond acceptors (Lipinski definition) is 3. The van der Waals surface area contributed by atoms with Crippen molar-refractivity contribution in [3.63, 3.8) is 0 Å². The number of nitrogens with one attached hydrogen (secondary N) is 2. The maximum absolute atomic E-state index is 12.5. The number of halogens is 1. The van der Waals surface area contributed by atoms with Crippen molar-refractivity contribution >= 4 is 48.1 Å². The molecule has 0 aliphatic heterocycles. The summed E-state index contributed by atoms with van der Waals surface area (Å²) in [6, 6.07) is 17.9. The predicted molar refractivity (Wildman–Crippen MR) is 98.4 cm³/mol. The minimum absolute atomic E-state index is 0.229. The van der Waals surface area contributed by atoms with E-state index in [1.807, 2.05) is 30.3 Å². The molecule has 0 aliphatic carbocycles. The SMILES string of the molecule is CNc1ccc(S(=O)(=O)Nc2ccc3cc(Br)ccc3c2)cc1. The fraction of sp³-hybridized carbons (Fsp3) is 0.0588. The van der Waals surface area contributed by atoms with Gasteiger partial charge in [0, 0.05) is 22.9 Å². The molecule has 0 atom stereocenters. The third-order valence-electron chi connectivity index (χ3n) is 3.51. The smallest absolute Gasteiger partial charge is 0.261 e. The van der Waals surface area contributed by atoms with Crippen LogP contribution in [0.2, 0.25) is 0 Å². The standard InChI is InChI=1S/C17H15BrN2O2S/c1-19-15-6-8-17(9-7-15)23(21,22)20-16-5-3-12-10-14(18)4-2-13(12)11-16/h2-11,19-20H,1H3. The average Bonchev–Trinajstić information content (AvgIpc) is 2.55. The van der Waals surface area contributed by atoms with Crippen molar-refractivity contribution < 1.29 is 8.42 Å². The van der Waals surface area contributed by atoms with Gasteiger partial charge in [0.25, 0.3) is 10.0 Å². The molecule has 4 nitrogen and oxygen atoms in total. The van der Waals surface area contributed by atoms with E-state index in [0.717, 1.165) is 20.9 Å². The van der Waals surface area contributed by atoms with Crippen LogP contribution in [0.5, 0.6) is 0 Å². The number of rotatable bonds is 4. The first-order chi connectivity index (χ1) is 11.0. The van der Waals surface area contributed by atoms with Crippen LogP contribution in [-0.2, 0) is 10.0 Å². The molecule has 118 valence electrons. The minimum atomic E-state index is -3.60. The molecule has 0 amide bonds. The molecule has 0 fully saturated rings. The number of benzene rings is 3. The Morgan fingerprint density at radius 3 is 2.13 bits per heavy atom. The van der Waals surface area contributed by atoms with Crippen LogP contribution < -0.4 is 10.0 Å². The molecule has 0 saturated carbocycles. The van der Waals surface area contributed by atoms with Crippen LogP contribution >= 0.6 is 15.9 Å². The highest BCUT2D eigenvalue weighted by Gasteiger charge is 2.14. The van der Waals surface area contributed by atoms with E-state index in [-0.39, 0.29) is 4.90 Å². The van der Waals surface area contributed by atoms with Gasteiger partial charge in [-0.3, -0.25) is 4.72 Å². The quantitative estimate of drug-likeness (QED) is 0.691. The summed E-state index contributed by atoms with van der Waals surface area (Å²) < 4.78 is 28.5. The number of sulfonamides is 1. The molecule has 6 heteroatoms. The van der Waals surface area contributed by atoms with Gasteiger partial charge in [-0.2, -0.15) is 0 Å². The summed E-state index contributed by atoms with van der Waals surface area (Å²) in [5.74, 6) is 0. The molecule has 0 unspecified atom stereocenters. The summed E-state index contributed by atoms with van der Waals surface area (Å²) in [4.78, 5) is 0.229.